The van der Waals surface area contributed by atoms with Gasteiger partial charge in [0, 0.05) is 27.4 Å². The van der Waals surface area contributed by atoms with Crippen LogP contribution in [0.3, 0.4) is 0 Å². The lowest BCUT2D eigenvalue weighted by molar-refractivity contribution is -0.0305. The molecule has 1 fully saturated rings. The molecule has 0 aliphatic carbocycles. The van der Waals surface area contributed by atoms with Gasteiger partial charge in [-0.2, -0.15) is 0 Å². The number of epoxide rings is 1. The van der Waals surface area contributed by atoms with E-state index >= 15 is 0 Å². The maximum atomic E-state index is 6.28. The Morgan fingerprint density at radius 2 is 1.80 bits per heavy atom. The van der Waals surface area contributed by atoms with E-state index in [-0.39, 0.29) is 5.60 Å². The van der Waals surface area contributed by atoms with Crippen molar-refractivity contribution in [2.75, 3.05) is 34.0 Å². The van der Waals surface area contributed by atoms with E-state index in [4.69, 9.17) is 22.8 Å². The fourth-order valence-corrected chi connectivity index (χ4v) is 3.74. The Hall–Kier alpha value is 0.0169. The van der Waals surface area contributed by atoms with Crippen LogP contribution in [0.2, 0.25) is 6.55 Å². The Balaban J connectivity index is 2.38. The average molecular weight is 306 g/mol. The number of hydrogen-bond donors (Lipinski definition) is 0. The first-order chi connectivity index (χ1) is 9.53. The Morgan fingerprint density at radius 1 is 1.20 bits per heavy atom. The van der Waals surface area contributed by atoms with Gasteiger partial charge in [-0.1, -0.05) is 13.8 Å². The second kappa shape index (κ2) is 8.46. The van der Waals surface area contributed by atoms with E-state index < -0.39 is 8.80 Å². The molecule has 6 heteroatoms. The zero-order valence-electron chi connectivity index (χ0n) is 13.6. The van der Waals surface area contributed by atoms with E-state index in [1.165, 1.54) is 0 Å². The van der Waals surface area contributed by atoms with Gasteiger partial charge in [-0.15, -0.1) is 0 Å². The molecule has 1 aliphatic heterocycles. The second-order valence-corrected chi connectivity index (χ2v) is 8.14. The molecule has 0 aromatic rings. The molecule has 1 heterocycles. The van der Waals surface area contributed by atoms with Crippen molar-refractivity contribution in [1.82, 2.24) is 0 Å². The van der Waals surface area contributed by atoms with E-state index in [0.717, 1.165) is 38.9 Å². The zero-order valence-corrected chi connectivity index (χ0v) is 14.6. The monoisotopic (exact) mass is 306 g/mol. The molecule has 0 spiro atoms. The fraction of sp³-hybridized carbons (Fsp3) is 1.00. The van der Waals surface area contributed by atoms with Crippen LogP contribution in [0.15, 0.2) is 0 Å². The summed E-state index contributed by atoms with van der Waals surface area (Å²) in [6, 6.07) is 0. The molecule has 1 unspecified atom stereocenters. The van der Waals surface area contributed by atoms with Crippen molar-refractivity contribution in [1.29, 1.82) is 0 Å². The lowest BCUT2D eigenvalue weighted by atomic mass is 9.92. The van der Waals surface area contributed by atoms with Gasteiger partial charge in [0.15, 0.2) is 0 Å². The number of ether oxygens (including phenoxy) is 2. The Kier molecular flexibility index (Phi) is 7.64. The number of rotatable bonds is 12. The maximum absolute atomic E-state index is 6.28. The molecule has 0 N–H and O–H groups in total. The van der Waals surface area contributed by atoms with Gasteiger partial charge >= 0.3 is 8.80 Å². The Morgan fingerprint density at radius 3 is 2.25 bits per heavy atom. The van der Waals surface area contributed by atoms with E-state index in [1.54, 1.807) is 14.2 Å². The summed E-state index contributed by atoms with van der Waals surface area (Å²) < 4.78 is 27.9. The van der Waals surface area contributed by atoms with Crippen LogP contribution in [0, 0.1) is 0 Å². The molecule has 0 bridgehead atoms. The largest absolute Gasteiger partial charge is 0.497 e. The van der Waals surface area contributed by atoms with Crippen LogP contribution in [0.1, 0.15) is 39.5 Å². The quantitative estimate of drug-likeness (QED) is 0.315. The van der Waals surface area contributed by atoms with Crippen molar-refractivity contribution >= 4 is 8.80 Å². The van der Waals surface area contributed by atoms with Crippen molar-refractivity contribution in [3.63, 3.8) is 0 Å². The molecular formula is C14H30O5Si. The molecule has 0 saturated carbocycles. The summed E-state index contributed by atoms with van der Waals surface area (Å²) in [4.78, 5) is 0. The Bertz CT molecular complexity index is 262. The standard InChI is InChI=1S/C14H30O5Si/c1-6-14(7-2,19-20(5,15-3)16-4)9-8-10-17-11-13-12-18-13/h13H,6-12H2,1-5H3. The van der Waals surface area contributed by atoms with Crippen LogP contribution in [-0.4, -0.2) is 54.5 Å². The normalized spacial score (nSPS) is 19.4. The molecule has 0 radical (unpaired) electrons. The summed E-state index contributed by atoms with van der Waals surface area (Å²) in [7, 11) is 0.803. The predicted molar refractivity (Wildman–Crippen MR) is 79.8 cm³/mol. The second-order valence-electron chi connectivity index (χ2n) is 5.40. The van der Waals surface area contributed by atoms with E-state index in [0.29, 0.717) is 12.7 Å². The summed E-state index contributed by atoms with van der Waals surface area (Å²) in [6.07, 6.45) is 4.17. The first-order valence-electron chi connectivity index (χ1n) is 7.53. The summed E-state index contributed by atoms with van der Waals surface area (Å²) in [5.41, 5.74) is -0.174. The van der Waals surface area contributed by atoms with Crippen molar-refractivity contribution < 1.29 is 22.8 Å². The molecule has 1 aliphatic rings. The highest BCUT2D eigenvalue weighted by atomic mass is 28.4. The number of hydrogen-bond acceptors (Lipinski definition) is 5. The van der Waals surface area contributed by atoms with Crippen LogP contribution in [0.5, 0.6) is 0 Å². The molecule has 0 amide bonds. The van der Waals surface area contributed by atoms with Crippen LogP contribution in [0.25, 0.3) is 0 Å². The summed E-state index contributed by atoms with van der Waals surface area (Å²) in [5, 5.41) is 0. The molecule has 1 atom stereocenters. The highest BCUT2D eigenvalue weighted by Crippen LogP contribution is 2.30. The predicted octanol–water partition coefficient (Wildman–Crippen LogP) is 2.62. The van der Waals surface area contributed by atoms with Crippen molar-refractivity contribution in [3.8, 4) is 0 Å². The van der Waals surface area contributed by atoms with Gasteiger partial charge in [-0.25, -0.2) is 0 Å². The molecule has 120 valence electrons. The molecule has 0 aromatic heterocycles. The third-order valence-electron chi connectivity index (χ3n) is 4.06. The van der Waals surface area contributed by atoms with Gasteiger partial charge in [0.05, 0.1) is 18.8 Å². The van der Waals surface area contributed by atoms with Gasteiger partial charge in [-0.05, 0) is 25.7 Å². The minimum absolute atomic E-state index is 0.174. The van der Waals surface area contributed by atoms with Crippen LogP contribution in [0.4, 0.5) is 0 Å². The van der Waals surface area contributed by atoms with Gasteiger partial charge in [0.25, 0.3) is 0 Å². The molecule has 20 heavy (non-hydrogen) atoms. The first-order valence-corrected chi connectivity index (χ1v) is 9.75. The molecule has 1 saturated heterocycles. The lowest BCUT2D eigenvalue weighted by Gasteiger charge is -2.38. The SMILES string of the molecule is CCC(CC)(CCCOCC1CO1)O[Si](C)(OC)OC. The van der Waals surface area contributed by atoms with Gasteiger partial charge in [-0.3, -0.25) is 0 Å². The highest BCUT2D eigenvalue weighted by Gasteiger charge is 2.41. The molecule has 5 nitrogen and oxygen atoms in total. The lowest BCUT2D eigenvalue weighted by Crippen LogP contribution is -2.49. The zero-order chi connectivity index (χ0) is 15.1. The molecular weight excluding hydrogens is 276 g/mol. The maximum Gasteiger partial charge on any atom is 0.497 e. The minimum Gasteiger partial charge on any atom is -0.379 e. The molecule has 0 aromatic carbocycles. The van der Waals surface area contributed by atoms with Crippen molar-refractivity contribution in [3.05, 3.63) is 0 Å². The third kappa shape index (κ3) is 5.79. The first kappa shape index (κ1) is 18.1. The van der Waals surface area contributed by atoms with E-state index in [2.05, 4.69) is 13.8 Å². The van der Waals surface area contributed by atoms with Crippen LogP contribution >= 0.6 is 0 Å². The summed E-state index contributed by atoms with van der Waals surface area (Å²) in [5.74, 6) is 0. The topological polar surface area (TPSA) is 49.5 Å². The van der Waals surface area contributed by atoms with E-state index in [1.807, 2.05) is 6.55 Å². The Labute approximate surface area is 124 Å². The summed E-state index contributed by atoms with van der Waals surface area (Å²) in [6.45, 7) is 8.57. The summed E-state index contributed by atoms with van der Waals surface area (Å²) >= 11 is 0. The van der Waals surface area contributed by atoms with Gasteiger partial charge in [0.2, 0.25) is 0 Å². The minimum atomic E-state index is -2.51. The van der Waals surface area contributed by atoms with Gasteiger partial charge < -0.3 is 22.8 Å². The highest BCUT2D eigenvalue weighted by molar-refractivity contribution is 6.59. The van der Waals surface area contributed by atoms with Crippen LogP contribution < -0.4 is 0 Å². The van der Waals surface area contributed by atoms with Crippen molar-refractivity contribution in [2.45, 2.75) is 57.8 Å². The molecule has 1 rings (SSSR count). The van der Waals surface area contributed by atoms with Crippen molar-refractivity contribution in [2.24, 2.45) is 0 Å². The van der Waals surface area contributed by atoms with Crippen LogP contribution in [-0.2, 0) is 22.8 Å². The fourth-order valence-electron chi connectivity index (χ4n) is 2.23. The van der Waals surface area contributed by atoms with E-state index in [9.17, 15) is 0 Å². The average Bonchev–Trinajstić information content (AvgIpc) is 3.29. The van der Waals surface area contributed by atoms with Gasteiger partial charge in [0.1, 0.15) is 6.10 Å². The third-order valence-corrected chi connectivity index (χ3v) is 6.35. The smallest absolute Gasteiger partial charge is 0.379 e.